The van der Waals surface area contributed by atoms with E-state index in [9.17, 15) is 4.79 Å². The van der Waals surface area contributed by atoms with E-state index in [-0.39, 0.29) is 11.3 Å². The lowest BCUT2D eigenvalue weighted by Gasteiger charge is -2.42. The summed E-state index contributed by atoms with van der Waals surface area (Å²) in [5, 5.41) is 0. The van der Waals surface area contributed by atoms with Crippen molar-refractivity contribution in [2.75, 3.05) is 53.0 Å². The molecule has 0 aromatic heterocycles. The van der Waals surface area contributed by atoms with Crippen LogP contribution in [0.1, 0.15) is 42.5 Å². The second-order valence-electron chi connectivity index (χ2n) is 8.60. The lowest BCUT2D eigenvalue weighted by molar-refractivity contribution is 0.0309. The van der Waals surface area contributed by atoms with Gasteiger partial charge in [0.05, 0.1) is 7.11 Å². The van der Waals surface area contributed by atoms with Crippen molar-refractivity contribution in [2.45, 2.75) is 32.1 Å². The average molecular weight is 373 g/mol. The van der Waals surface area contributed by atoms with Crippen molar-refractivity contribution in [1.29, 1.82) is 0 Å². The van der Waals surface area contributed by atoms with Gasteiger partial charge in [-0.2, -0.15) is 0 Å². The maximum atomic E-state index is 13.0. The molecule has 3 fully saturated rings. The highest BCUT2D eigenvalue weighted by Gasteiger charge is 2.43. The van der Waals surface area contributed by atoms with Crippen LogP contribution in [0.2, 0.25) is 0 Å². The molecule has 3 aliphatic rings. The summed E-state index contributed by atoms with van der Waals surface area (Å²) in [6.45, 7) is 7.18. The minimum Gasteiger partial charge on any atom is -0.497 e. The largest absolute Gasteiger partial charge is 0.497 e. The fourth-order valence-corrected chi connectivity index (χ4v) is 5.14. The number of ether oxygens (including phenoxy) is 2. The Bertz CT molecular complexity index is 659. The molecule has 0 radical (unpaired) electrons. The quantitative estimate of drug-likeness (QED) is 0.815. The highest BCUT2D eigenvalue weighted by Crippen LogP contribution is 2.40. The zero-order valence-electron chi connectivity index (χ0n) is 16.5. The van der Waals surface area contributed by atoms with Gasteiger partial charge in [-0.15, -0.1) is 0 Å². The average Bonchev–Trinajstić information content (AvgIpc) is 3.11. The highest BCUT2D eigenvalue weighted by atomic mass is 16.5. The molecule has 0 saturated carbocycles. The molecule has 5 heteroatoms. The van der Waals surface area contributed by atoms with Crippen molar-refractivity contribution in [1.82, 2.24) is 9.80 Å². The van der Waals surface area contributed by atoms with Crippen molar-refractivity contribution < 1.29 is 14.3 Å². The first kappa shape index (κ1) is 18.8. The van der Waals surface area contributed by atoms with Crippen molar-refractivity contribution in [3.63, 3.8) is 0 Å². The third-order valence-electron chi connectivity index (χ3n) is 6.64. The van der Waals surface area contributed by atoms with Crippen molar-refractivity contribution in [2.24, 2.45) is 11.3 Å². The van der Waals surface area contributed by atoms with E-state index in [1.165, 1.54) is 38.8 Å². The number of methoxy groups -OCH3 is 1. The van der Waals surface area contributed by atoms with Crippen LogP contribution < -0.4 is 4.74 Å². The van der Waals surface area contributed by atoms with Gasteiger partial charge in [-0.3, -0.25) is 4.79 Å². The summed E-state index contributed by atoms with van der Waals surface area (Å²) in [6.07, 6.45) is 6.03. The summed E-state index contributed by atoms with van der Waals surface area (Å²) < 4.78 is 10.8. The summed E-state index contributed by atoms with van der Waals surface area (Å²) in [5.74, 6) is 1.67. The Morgan fingerprint density at radius 3 is 2.89 bits per heavy atom. The van der Waals surface area contributed by atoms with Gasteiger partial charge in [0.15, 0.2) is 0 Å². The molecule has 4 rings (SSSR count). The highest BCUT2D eigenvalue weighted by molar-refractivity contribution is 5.94. The van der Waals surface area contributed by atoms with Crippen molar-refractivity contribution in [3.05, 3.63) is 29.8 Å². The number of rotatable bonds is 4. The third-order valence-corrected chi connectivity index (χ3v) is 6.64. The summed E-state index contributed by atoms with van der Waals surface area (Å²) in [6, 6.07) is 7.53. The van der Waals surface area contributed by atoms with Crippen LogP contribution in [0.25, 0.3) is 0 Å². The smallest absolute Gasteiger partial charge is 0.254 e. The molecule has 3 saturated heterocycles. The number of hydrogen-bond donors (Lipinski definition) is 0. The molecule has 0 unspecified atom stereocenters. The number of piperidine rings is 1. The molecule has 0 aliphatic carbocycles. The number of carbonyl (C=O) groups is 1. The molecule has 27 heavy (non-hydrogen) atoms. The molecule has 0 bridgehead atoms. The fourth-order valence-electron chi connectivity index (χ4n) is 5.14. The first-order valence-corrected chi connectivity index (χ1v) is 10.4. The third kappa shape index (κ3) is 4.30. The number of carbonyl (C=O) groups excluding carboxylic acids is 1. The molecular weight excluding hydrogens is 340 g/mol. The normalized spacial score (nSPS) is 27.2. The van der Waals surface area contributed by atoms with Gasteiger partial charge in [0.1, 0.15) is 5.75 Å². The van der Waals surface area contributed by atoms with Gasteiger partial charge in [-0.05, 0) is 62.8 Å². The number of nitrogens with zero attached hydrogens (tertiary/aromatic N) is 2. The number of hydrogen-bond acceptors (Lipinski definition) is 4. The summed E-state index contributed by atoms with van der Waals surface area (Å²) in [5.41, 5.74) is 1.03. The lowest BCUT2D eigenvalue weighted by Crippen LogP contribution is -2.47. The Hall–Kier alpha value is -1.59. The molecule has 5 nitrogen and oxygen atoms in total. The molecule has 0 N–H and O–H groups in total. The Labute approximate surface area is 162 Å². The van der Waals surface area contributed by atoms with Gasteiger partial charge < -0.3 is 19.3 Å². The van der Waals surface area contributed by atoms with Crippen LogP contribution in [0.5, 0.6) is 5.75 Å². The Kier molecular flexibility index (Phi) is 5.69. The fraction of sp³-hybridized carbons (Fsp3) is 0.682. The first-order chi connectivity index (χ1) is 13.2. The van der Waals surface area contributed by atoms with Crippen LogP contribution >= 0.6 is 0 Å². The van der Waals surface area contributed by atoms with E-state index >= 15 is 0 Å². The van der Waals surface area contributed by atoms with Gasteiger partial charge in [0.25, 0.3) is 5.91 Å². The maximum Gasteiger partial charge on any atom is 0.254 e. The minimum atomic E-state index is 0.146. The summed E-state index contributed by atoms with van der Waals surface area (Å²) in [4.78, 5) is 17.7. The molecule has 1 spiro atoms. The molecule has 3 heterocycles. The van der Waals surface area contributed by atoms with Crippen LogP contribution in [0, 0.1) is 11.3 Å². The van der Waals surface area contributed by atoms with Gasteiger partial charge in [0.2, 0.25) is 0 Å². The lowest BCUT2D eigenvalue weighted by atomic mass is 9.79. The van der Waals surface area contributed by atoms with Crippen LogP contribution in [-0.2, 0) is 4.74 Å². The van der Waals surface area contributed by atoms with Gasteiger partial charge in [0, 0.05) is 50.4 Å². The second kappa shape index (κ2) is 8.19. The Balaban J connectivity index is 1.37. The SMILES string of the molecule is COc1cccc(C(=O)N2CC[C@]3(CCCN(CC4CCOCC4)C3)C2)c1. The molecule has 1 amide bonds. The Morgan fingerprint density at radius 2 is 2.07 bits per heavy atom. The van der Waals surface area contributed by atoms with E-state index in [2.05, 4.69) is 9.80 Å². The van der Waals surface area contributed by atoms with E-state index < -0.39 is 0 Å². The molecule has 1 aromatic carbocycles. The first-order valence-electron chi connectivity index (χ1n) is 10.4. The van der Waals surface area contributed by atoms with E-state index in [0.29, 0.717) is 0 Å². The Morgan fingerprint density at radius 1 is 1.22 bits per heavy atom. The van der Waals surface area contributed by atoms with Gasteiger partial charge in [-0.25, -0.2) is 0 Å². The van der Waals surface area contributed by atoms with Crippen LogP contribution in [-0.4, -0.2) is 68.8 Å². The van der Waals surface area contributed by atoms with Crippen LogP contribution in [0.4, 0.5) is 0 Å². The molecule has 1 atom stereocenters. The van der Waals surface area contributed by atoms with E-state index in [1.54, 1.807) is 7.11 Å². The van der Waals surface area contributed by atoms with Gasteiger partial charge >= 0.3 is 0 Å². The van der Waals surface area contributed by atoms with Crippen molar-refractivity contribution in [3.8, 4) is 5.75 Å². The van der Waals surface area contributed by atoms with Gasteiger partial charge in [-0.1, -0.05) is 6.07 Å². The van der Waals surface area contributed by atoms with Crippen molar-refractivity contribution >= 4 is 5.91 Å². The monoisotopic (exact) mass is 372 g/mol. The van der Waals surface area contributed by atoms with E-state index in [1.807, 2.05) is 24.3 Å². The number of benzene rings is 1. The zero-order chi connectivity index (χ0) is 18.7. The molecular formula is C22H32N2O3. The standard InChI is InChI=1S/C22H32N2O3/c1-26-20-5-2-4-19(14-20)21(25)24-11-9-22(17-24)8-3-10-23(16-22)15-18-6-12-27-13-7-18/h2,4-5,14,18H,3,6-13,15-17H2,1H3/t22-/m0/s1. The second-order valence-corrected chi connectivity index (χ2v) is 8.60. The zero-order valence-corrected chi connectivity index (χ0v) is 16.5. The molecule has 148 valence electrons. The topological polar surface area (TPSA) is 42.0 Å². The van der Waals surface area contributed by atoms with Crippen LogP contribution in [0.15, 0.2) is 24.3 Å². The van der Waals surface area contributed by atoms with E-state index in [4.69, 9.17) is 9.47 Å². The predicted octanol–water partition coefficient (Wildman–Crippen LogP) is 3.05. The molecule has 1 aromatic rings. The predicted molar refractivity (Wildman–Crippen MR) is 105 cm³/mol. The molecule has 3 aliphatic heterocycles. The summed E-state index contributed by atoms with van der Waals surface area (Å²) >= 11 is 0. The van der Waals surface area contributed by atoms with Crippen LogP contribution in [0.3, 0.4) is 0 Å². The number of amides is 1. The minimum absolute atomic E-state index is 0.146. The van der Waals surface area contributed by atoms with E-state index in [0.717, 1.165) is 56.5 Å². The number of likely N-dealkylation sites (tertiary alicyclic amines) is 2. The summed E-state index contributed by atoms with van der Waals surface area (Å²) in [7, 11) is 1.64. The maximum absolute atomic E-state index is 13.0.